The predicted molar refractivity (Wildman–Crippen MR) is 77.4 cm³/mol. The van der Waals surface area contributed by atoms with E-state index in [1.165, 1.54) is 6.08 Å². The largest absolute Gasteiger partial charge is 0.461 e. The maximum absolute atomic E-state index is 13.3. The fourth-order valence-electron chi connectivity index (χ4n) is 2.76. The smallest absolute Gasteiger partial charge is 0.432 e. The highest BCUT2D eigenvalue weighted by Crippen LogP contribution is 2.45. The average Bonchev–Trinajstić information content (AvgIpc) is 2.97. The summed E-state index contributed by atoms with van der Waals surface area (Å²) in [7, 11) is 0. The molecule has 0 aromatic carbocycles. The number of carbonyl (C=O) groups excluding carboxylic acids is 1. The first-order valence-electron chi connectivity index (χ1n) is 7.40. The third kappa shape index (κ3) is 3.13. The zero-order valence-electron chi connectivity index (χ0n) is 13.1. The Morgan fingerprint density at radius 1 is 1.23 bits per heavy atom. The summed E-state index contributed by atoms with van der Waals surface area (Å²) in [4.78, 5) is 19.1. The van der Waals surface area contributed by atoms with Crippen molar-refractivity contribution in [3.8, 4) is 0 Å². The van der Waals surface area contributed by atoms with E-state index in [0.717, 1.165) is 16.8 Å². The average molecular weight is 379 g/mol. The number of nitrogens with zero attached hydrogens (tertiary/aromatic N) is 3. The lowest BCUT2D eigenvalue weighted by molar-refractivity contribution is -0.1000. The van der Waals surface area contributed by atoms with Gasteiger partial charge in [0.15, 0.2) is 5.69 Å². The molecule has 11 heteroatoms. The van der Waals surface area contributed by atoms with Gasteiger partial charge in [-0.3, -0.25) is 4.99 Å². The zero-order chi connectivity index (χ0) is 19.3. The van der Waals surface area contributed by atoms with Gasteiger partial charge in [-0.1, -0.05) is 6.08 Å². The summed E-state index contributed by atoms with van der Waals surface area (Å²) in [6, 6.07) is 0. The third-order valence-corrected chi connectivity index (χ3v) is 3.84. The van der Waals surface area contributed by atoms with Gasteiger partial charge in [0.25, 0.3) is 0 Å². The minimum Gasteiger partial charge on any atom is -0.461 e. The summed E-state index contributed by atoms with van der Waals surface area (Å²) in [6.07, 6.45) is -8.22. The van der Waals surface area contributed by atoms with Crippen molar-refractivity contribution < 1.29 is 35.9 Å². The van der Waals surface area contributed by atoms with Crippen molar-refractivity contribution in [3.63, 3.8) is 0 Å². The summed E-state index contributed by atoms with van der Waals surface area (Å²) in [5.41, 5.74) is -3.23. The summed E-state index contributed by atoms with van der Waals surface area (Å²) in [5, 5.41) is 0. The number of allylic oxidation sites excluding steroid dienone is 1. The molecule has 2 aliphatic heterocycles. The Morgan fingerprint density at radius 2 is 1.92 bits per heavy atom. The van der Waals surface area contributed by atoms with Crippen LogP contribution in [0.4, 0.5) is 26.3 Å². The molecule has 0 amide bonds. The van der Waals surface area contributed by atoms with Gasteiger partial charge in [-0.25, -0.2) is 9.78 Å². The molecule has 0 spiro atoms. The van der Waals surface area contributed by atoms with Crippen LogP contribution in [-0.4, -0.2) is 40.2 Å². The Morgan fingerprint density at radius 3 is 2.50 bits per heavy atom. The molecule has 3 heterocycles. The summed E-state index contributed by atoms with van der Waals surface area (Å²) in [6.45, 7) is 1.59. The van der Waals surface area contributed by atoms with Crippen LogP contribution >= 0.6 is 0 Å². The minimum absolute atomic E-state index is 0.0136. The van der Waals surface area contributed by atoms with Gasteiger partial charge >= 0.3 is 18.3 Å². The molecule has 0 saturated carbocycles. The van der Waals surface area contributed by atoms with Crippen LogP contribution in [0.1, 0.15) is 29.4 Å². The Balaban J connectivity index is 2.09. The molecular weight excluding hydrogens is 368 g/mol. The van der Waals surface area contributed by atoms with Crippen molar-refractivity contribution in [1.82, 2.24) is 9.55 Å². The van der Waals surface area contributed by atoms with Crippen molar-refractivity contribution >= 4 is 17.8 Å². The standard InChI is InChI=1S/C15H11F6N3O2/c1-2-26-13(25)9-6-24-11(22-9)4-3-7-8(14(16,17)18)5-10(15(19,20)21)23-12(7)24/h3-7,12H,2H2,1H3/t7-,12+/m1/s1. The monoisotopic (exact) mass is 379 g/mol. The topological polar surface area (TPSA) is 56.5 Å². The van der Waals surface area contributed by atoms with Crippen LogP contribution in [0.15, 0.2) is 28.9 Å². The Bertz CT molecular complexity index is 831. The van der Waals surface area contributed by atoms with E-state index < -0.39 is 41.7 Å². The number of aromatic nitrogens is 2. The second kappa shape index (κ2) is 5.99. The first-order chi connectivity index (χ1) is 12.0. The van der Waals surface area contributed by atoms with Gasteiger partial charge in [0, 0.05) is 17.7 Å². The van der Waals surface area contributed by atoms with E-state index in [0.29, 0.717) is 0 Å². The van der Waals surface area contributed by atoms with E-state index in [4.69, 9.17) is 4.74 Å². The molecule has 140 valence electrons. The molecule has 1 aromatic rings. The van der Waals surface area contributed by atoms with Gasteiger partial charge in [-0.15, -0.1) is 0 Å². The van der Waals surface area contributed by atoms with Gasteiger partial charge in [0.05, 0.1) is 6.61 Å². The quantitative estimate of drug-likeness (QED) is 0.582. The lowest BCUT2D eigenvalue weighted by Gasteiger charge is -2.33. The molecule has 0 radical (unpaired) electrons. The van der Waals surface area contributed by atoms with Crippen LogP contribution in [-0.2, 0) is 4.74 Å². The van der Waals surface area contributed by atoms with Crippen molar-refractivity contribution in [2.75, 3.05) is 6.61 Å². The van der Waals surface area contributed by atoms with Crippen LogP contribution < -0.4 is 0 Å². The molecule has 3 rings (SSSR count). The van der Waals surface area contributed by atoms with Gasteiger partial charge in [0.2, 0.25) is 0 Å². The maximum atomic E-state index is 13.3. The molecule has 26 heavy (non-hydrogen) atoms. The van der Waals surface area contributed by atoms with Crippen LogP contribution in [0, 0.1) is 5.92 Å². The molecule has 1 aromatic heterocycles. The third-order valence-electron chi connectivity index (χ3n) is 3.84. The van der Waals surface area contributed by atoms with E-state index in [1.54, 1.807) is 6.92 Å². The van der Waals surface area contributed by atoms with Crippen molar-refractivity contribution in [3.05, 3.63) is 35.4 Å². The van der Waals surface area contributed by atoms with Gasteiger partial charge < -0.3 is 9.30 Å². The van der Waals surface area contributed by atoms with E-state index in [9.17, 15) is 31.1 Å². The second-order valence-corrected chi connectivity index (χ2v) is 5.52. The van der Waals surface area contributed by atoms with Crippen LogP contribution in [0.5, 0.6) is 0 Å². The van der Waals surface area contributed by atoms with Crippen LogP contribution in [0.3, 0.4) is 0 Å². The molecule has 2 atom stereocenters. The maximum Gasteiger partial charge on any atom is 0.432 e. The summed E-state index contributed by atoms with van der Waals surface area (Å²) < 4.78 is 84.6. The second-order valence-electron chi connectivity index (χ2n) is 5.52. The molecule has 0 aliphatic carbocycles. The molecule has 0 bridgehead atoms. The minimum atomic E-state index is -5.05. The number of imidazole rings is 1. The normalized spacial score (nSPS) is 22.3. The number of aliphatic imine (C=N–C) groups is 1. The molecule has 0 fully saturated rings. The number of hydrogen-bond acceptors (Lipinski definition) is 4. The number of carbonyl (C=O) groups is 1. The van der Waals surface area contributed by atoms with Crippen LogP contribution in [0.2, 0.25) is 0 Å². The van der Waals surface area contributed by atoms with Gasteiger partial charge in [-0.05, 0) is 19.1 Å². The molecular formula is C15H11F6N3O2. The number of dihydropyridines is 1. The molecule has 2 aliphatic rings. The van der Waals surface area contributed by atoms with E-state index in [2.05, 4.69) is 9.98 Å². The summed E-state index contributed by atoms with van der Waals surface area (Å²) >= 11 is 0. The Labute approximate surface area is 142 Å². The molecule has 5 nitrogen and oxygen atoms in total. The SMILES string of the molecule is CCOC(=O)c1cn2c(n1)C=C[C@@H]1C(C(F)(F)F)=CC(C(F)(F)F)=N[C@H]12. The number of ether oxygens (including phenoxy) is 1. The molecule has 0 saturated heterocycles. The van der Waals surface area contributed by atoms with Gasteiger partial charge in [-0.2, -0.15) is 26.3 Å². The predicted octanol–water partition coefficient (Wildman–Crippen LogP) is 3.71. The number of hydrogen-bond donors (Lipinski definition) is 0. The van der Waals surface area contributed by atoms with E-state index in [-0.39, 0.29) is 24.2 Å². The molecule has 0 unspecified atom stereocenters. The number of esters is 1. The van der Waals surface area contributed by atoms with Crippen molar-refractivity contribution in [1.29, 1.82) is 0 Å². The fourth-order valence-corrected chi connectivity index (χ4v) is 2.76. The Kier molecular flexibility index (Phi) is 4.20. The highest BCUT2D eigenvalue weighted by Gasteiger charge is 2.48. The van der Waals surface area contributed by atoms with Crippen LogP contribution in [0.25, 0.3) is 6.08 Å². The number of alkyl halides is 6. The van der Waals surface area contributed by atoms with E-state index in [1.807, 2.05) is 0 Å². The van der Waals surface area contributed by atoms with Crippen molar-refractivity contribution in [2.24, 2.45) is 10.9 Å². The number of fused-ring (bicyclic) bond motifs is 3. The lowest BCUT2D eigenvalue weighted by atomic mass is 9.89. The number of halogens is 6. The van der Waals surface area contributed by atoms with Crippen molar-refractivity contribution in [2.45, 2.75) is 25.4 Å². The highest BCUT2D eigenvalue weighted by atomic mass is 19.4. The zero-order valence-corrected chi connectivity index (χ0v) is 13.1. The summed E-state index contributed by atoms with van der Waals surface area (Å²) in [5.74, 6) is -2.28. The molecule has 0 N–H and O–H groups in total. The lowest BCUT2D eigenvalue weighted by Crippen LogP contribution is -2.36. The first kappa shape index (κ1) is 18.2. The van der Waals surface area contributed by atoms with E-state index >= 15 is 0 Å². The fraction of sp³-hybridized carbons (Fsp3) is 0.400. The Hall–Kier alpha value is -2.59. The number of rotatable bonds is 2. The first-order valence-corrected chi connectivity index (χ1v) is 7.40. The van der Waals surface area contributed by atoms with Gasteiger partial charge in [0.1, 0.15) is 17.7 Å². The highest BCUT2D eigenvalue weighted by molar-refractivity contribution is 6.01.